The first kappa shape index (κ1) is 18.8. The molecular formula is C19H19N3O4S. The Morgan fingerprint density at radius 1 is 1.22 bits per heavy atom. The lowest BCUT2D eigenvalue weighted by molar-refractivity contribution is -0.118. The molecule has 1 N–H and O–H groups in total. The number of thioether (sulfide) groups is 1. The smallest absolute Gasteiger partial charge is 0.263 e. The first-order valence-corrected chi connectivity index (χ1v) is 9.19. The largest absolute Gasteiger partial charge is 0.491 e. The van der Waals surface area contributed by atoms with Crippen molar-refractivity contribution in [3.05, 3.63) is 60.1 Å². The SMILES string of the molecule is COc1cnc(CSc2ccccc2)cc1OCC(=O)Nc1cc(C)on1. The number of ether oxygens (including phenoxy) is 2. The van der Waals surface area contributed by atoms with Crippen LogP contribution in [0.1, 0.15) is 11.5 Å². The number of rotatable bonds is 8. The summed E-state index contributed by atoms with van der Waals surface area (Å²) in [6, 6.07) is 13.5. The Morgan fingerprint density at radius 3 is 2.74 bits per heavy atom. The highest BCUT2D eigenvalue weighted by Crippen LogP contribution is 2.29. The number of aromatic nitrogens is 2. The Balaban J connectivity index is 1.60. The summed E-state index contributed by atoms with van der Waals surface area (Å²) >= 11 is 1.67. The Kier molecular flexibility index (Phi) is 6.32. The maximum Gasteiger partial charge on any atom is 0.263 e. The first-order chi connectivity index (χ1) is 13.1. The van der Waals surface area contributed by atoms with Crippen LogP contribution < -0.4 is 14.8 Å². The molecule has 0 atom stereocenters. The molecule has 0 bridgehead atoms. The summed E-state index contributed by atoms with van der Waals surface area (Å²) in [5.74, 6) is 2.22. The van der Waals surface area contributed by atoms with Gasteiger partial charge in [0, 0.05) is 22.8 Å². The minimum absolute atomic E-state index is 0.183. The number of carbonyl (C=O) groups excluding carboxylic acids is 1. The van der Waals surface area contributed by atoms with Gasteiger partial charge < -0.3 is 19.3 Å². The van der Waals surface area contributed by atoms with Gasteiger partial charge in [0.05, 0.1) is 19.0 Å². The van der Waals surface area contributed by atoms with Crippen LogP contribution >= 0.6 is 11.8 Å². The highest BCUT2D eigenvalue weighted by Gasteiger charge is 2.11. The molecule has 7 nitrogen and oxygen atoms in total. The fourth-order valence-corrected chi connectivity index (χ4v) is 3.05. The summed E-state index contributed by atoms with van der Waals surface area (Å²) in [6.45, 7) is 1.56. The lowest BCUT2D eigenvalue weighted by Gasteiger charge is -2.11. The number of hydrogen-bond donors (Lipinski definition) is 1. The van der Waals surface area contributed by atoms with Crippen molar-refractivity contribution in [1.82, 2.24) is 10.1 Å². The average Bonchev–Trinajstić information content (AvgIpc) is 3.10. The number of pyridine rings is 1. The molecule has 0 aliphatic rings. The molecule has 0 saturated carbocycles. The number of aryl methyl sites for hydroxylation is 1. The van der Waals surface area contributed by atoms with E-state index < -0.39 is 0 Å². The minimum atomic E-state index is -0.345. The van der Waals surface area contributed by atoms with Crippen molar-refractivity contribution in [2.75, 3.05) is 19.0 Å². The number of anilines is 1. The summed E-state index contributed by atoms with van der Waals surface area (Å²) in [6.07, 6.45) is 1.59. The second kappa shape index (κ2) is 9.09. The van der Waals surface area contributed by atoms with Crippen molar-refractivity contribution < 1.29 is 18.8 Å². The van der Waals surface area contributed by atoms with E-state index in [1.807, 2.05) is 30.3 Å². The Hall–Kier alpha value is -3.00. The third-order valence-corrected chi connectivity index (χ3v) is 4.54. The molecule has 0 spiro atoms. The van der Waals surface area contributed by atoms with Crippen molar-refractivity contribution >= 4 is 23.5 Å². The van der Waals surface area contributed by atoms with Crippen LogP contribution in [0.4, 0.5) is 5.82 Å². The number of nitrogens with zero attached hydrogens (tertiary/aromatic N) is 2. The van der Waals surface area contributed by atoms with E-state index in [0.717, 1.165) is 10.6 Å². The molecule has 3 rings (SSSR count). The molecule has 0 radical (unpaired) electrons. The van der Waals surface area contributed by atoms with Crippen molar-refractivity contribution in [2.24, 2.45) is 0 Å². The number of amides is 1. The number of nitrogens with one attached hydrogen (secondary N) is 1. The second-order valence-corrected chi connectivity index (χ2v) is 6.64. The summed E-state index contributed by atoms with van der Waals surface area (Å²) in [7, 11) is 1.53. The minimum Gasteiger partial charge on any atom is -0.491 e. The van der Waals surface area contributed by atoms with Gasteiger partial charge in [-0.05, 0) is 19.1 Å². The van der Waals surface area contributed by atoms with E-state index in [1.54, 1.807) is 37.0 Å². The molecule has 0 fully saturated rings. The van der Waals surface area contributed by atoms with Gasteiger partial charge >= 0.3 is 0 Å². The standard InChI is InChI=1S/C19H19N3O4S/c1-13-8-18(22-26-13)21-19(23)11-25-16-9-14(20-10-17(16)24-2)12-27-15-6-4-3-5-7-15/h3-10H,11-12H2,1-2H3,(H,21,22,23). The zero-order chi connectivity index (χ0) is 19.1. The lowest BCUT2D eigenvalue weighted by Crippen LogP contribution is -2.20. The van der Waals surface area contributed by atoms with E-state index in [4.69, 9.17) is 14.0 Å². The van der Waals surface area contributed by atoms with E-state index >= 15 is 0 Å². The van der Waals surface area contributed by atoms with Crippen LogP contribution in [0.25, 0.3) is 0 Å². The molecule has 140 valence electrons. The van der Waals surface area contributed by atoms with Crippen molar-refractivity contribution in [1.29, 1.82) is 0 Å². The lowest BCUT2D eigenvalue weighted by atomic mass is 10.3. The third-order valence-electron chi connectivity index (χ3n) is 3.49. The molecule has 1 aromatic carbocycles. The predicted octanol–water partition coefficient (Wildman–Crippen LogP) is 3.70. The molecular weight excluding hydrogens is 366 g/mol. The van der Waals surface area contributed by atoms with Gasteiger partial charge in [-0.1, -0.05) is 23.4 Å². The van der Waals surface area contributed by atoms with Gasteiger partial charge in [0.1, 0.15) is 5.76 Å². The van der Waals surface area contributed by atoms with E-state index in [1.165, 1.54) is 7.11 Å². The fourth-order valence-electron chi connectivity index (χ4n) is 2.23. The van der Waals surface area contributed by atoms with Gasteiger partial charge in [-0.2, -0.15) is 0 Å². The molecule has 0 aliphatic heterocycles. The van der Waals surface area contributed by atoms with Gasteiger partial charge in [-0.25, -0.2) is 0 Å². The van der Waals surface area contributed by atoms with Crippen LogP contribution in [0.3, 0.4) is 0 Å². The van der Waals surface area contributed by atoms with Crippen LogP contribution in [0.2, 0.25) is 0 Å². The summed E-state index contributed by atoms with van der Waals surface area (Å²) in [5, 5.41) is 6.31. The Morgan fingerprint density at radius 2 is 2.04 bits per heavy atom. The topological polar surface area (TPSA) is 86.5 Å². The second-order valence-electron chi connectivity index (χ2n) is 5.59. The van der Waals surface area contributed by atoms with E-state index in [2.05, 4.69) is 15.5 Å². The van der Waals surface area contributed by atoms with E-state index in [9.17, 15) is 4.79 Å². The van der Waals surface area contributed by atoms with Gasteiger partial charge in [0.15, 0.2) is 23.9 Å². The van der Waals surface area contributed by atoms with Crippen molar-refractivity contribution in [2.45, 2.75) is 17.6 Å². The van der Waals surface area contributed by atoms with E-state index in [-0.39, 0.29) is 12.5 Å². The highest BCUT2D eigenvalue weighted by molar-refractivity contribution is 7.98. The summed E-state index contributed by atoms with van der Waals surface area (Å²) in [4.78, 5) is 17.5. The Labute approximate surface area is 161 Å². The summed E-state index contributed by atoms with van der Waals surface area (Å²) in [5.41, 5.74) is 0.826. The zero-order valence-electron chi connectivity index (χ0n) is 15.0. The molecule has 1 amide bonds. The van der Waals surface area contributed by atoms with Crippen LogP contribution in [-0.2, 0) is 10.5 Å². The maximum absolute atomic E-state index is 12.0. The van der Waals surface area contributed by atoms with Crippen molar-refractivity contribution in [3.8, 4) is 11.5 Å². The third kappa shape index (κ3) is 5.49. The molecule has 3 aromatic rings. The predicted molar refractivity (Wildman–Crippen MR) is 102 cm³/mol. The summed E-state index contributed by atoms with van der Waals surface area (Å²) < 4.78 is 15.8. The van der Waals surface area contributed by atoms with Crippen LogP contribution in [0, 0.1) is 6.92 Å². The van der Waals surface area contributed by atoms with Gasteiger partial charge in [0.25, 0.3) is 5.91 Å². The first-order valence-electron chi connectivity index (χ1n) is 8.21. The number of hydrogen-bond acceptors (Lipinski definition) is 7. The fraction of sp³-hybridized carbons (Fsp3) is 0.211. The highest BCUT2D eigenvalue weighted by atomic mass is 32.2. The van der Waals surface area contributed by atoms with Gasteiger partial charge in [-0.15, -0.1) is 11.8 Å². The molecule has 0 unspecified atom stereocenters. The average molecular weight is 385 g/mol. The maximum atomic E-state index is 12.0. The van der Waals surface area contributed by atoms with Gasteiger partial charge in [-0.3, -0.25) is 9.78 Å². The zero-order valence-corrected chi connectivity index (χ0v) is 15.8. The number of carbonyl (C=O) groups is 1. The van der Waals surface area contributed by atoms with E-state index in [0.29, 0.717) is 28.8 Å². The molecule has 8 heteroatoms. The molecule has 2 heterocycles. The van der Waals surface area contributed by atoms with Crippen LogP contribution in [0.5, 0.6) is 11.5 Å². The molecule has 0 saturated heterocycles. The molecule has 0 aliphatic carbocycles. The van der Waals surface area contributed by atoms with Crippen molar-refractivity contribution in [3.63, 3.8) is 0 Å². The monoisotopic (exact) mass is 385 g/mol. The van der Waals surface area contributed by atoms with Gasteiger partial charge in [0.2, 0.25) is 0 Å². The normalized spacial score (nSPS) is 10.4. The van der Waals surface area contributed by atoms with Crippen LogP contribution in [-0.4, -0.2) is 29.8 Å². The molecule has 27 heavy (non-hydrogen) atoms. The van der Waals surface area contributed by atoms with Crippen LogP contribution in [0.15, 0.2) is 58.1 Å². The molecule has 2 aromatic heterocycles. The quantitative estimate of drug-likeness (QED) is 0.592. The Bertz CT molecular complexity index is 899. The number of methoxy groups -OCH3 is 1. The number of benzene rings is 1.